The molecule has 0 atom stereocenters. The van der Waals surface area contributed by atoms with Crippen LogP contribution in [0.15, 0.2) is 42.5 Å². The van der Waals surface area contributed by atoms with Crippen LogP contribution in [0.2, 0.25) is 10.0 Å². The molecule has 0 aliphatic carbocycles. The van der Waals surface area contributed by atoms with E-state index in [9.17, 15) is 0 Å². The Labute approximate surface area is 167 Å². The number of ether oxygens (including phenoxy) is 2. The number of nitrogens with zero attached hydrogens (tertiary/aromatic N) is 1. The molecule has 1 aliphatic heterocycles. The highest BCUT2D eigenvalue weighted by molar-refractivity contribution is 7.19. The van der Waals surface area contributed by atoms with Crippen LogP contribution in [-0.2, 0) is 17.9 Å². The van der Waals surface area contributed by atoms with Crippen LogP contribution in [0, 0.1) is 0 Å². The van der Waals surface area contributed by atoms with Crippen LogP contribution >= 0.6 is 34.5 Å². The zero-order chi connectivity index (χ0) is 17.9. The molecule has 1 aliphatic rings. The van der Waals surface area contributed by atoms with Gasteiger partial charge in [-0.3, -0.25) is 4.90 Å². The molecule has 1 aromatic heterocycles. The van der Waals surface area contributed by atoms with Crippen molar-refractivity contribution in [3.8, 4) is 5.75 Å². The summed E-state index contributed by atoms with van der Waals surface area (Å²) >= 11 is 14.0. The minimum Gasteiger partial charge on any atom is -0.488 e. The summed E-state index contributed by atoms with van der Waals surface area (Å²) in [6.07, 6.45) is 0. The fourth-order valence-electron chi connectivity index (χ4n) is 3.12. The number of halogens is 2. The van der Waals surface area contributed by atoms with E-state index in [1.165, 1.54) is 20.5 Å². The molecule has 0 unspecified atom stereocenters. The summed E-state index contributed by atoms with van der Waals surface area (Å²) in [6.45, 7) is 4.92. The first kappa shape index (κ1) is 18.1. The average Bonchev–Trinajstić information content (AvgIpc) is 2.99. The molecule has 0 amide bonds. The number of morpholine rings is 1. The number of hydrogen-bond acceptors (Lipinski definition) is 4. The van der Waals surface area contributed by atoms with Gasteiger partial charge in [0.15, 0.2) is 0 Å². The number of thiophene rings is 1. The van der Waals surface area contributed by atoms with E-state index in [4.69, 9.17) is 32.7 Å². The van der Waals surface area contributed by atoms with E-state index in [2.05, 4.69) is 17.0 Å². The standard InChI is InChI=1S/C20H19Cl2NO2S/c21-14-1-4-16(5-2-14)25-13-20-18(12-23-7-9-24-10-8-23)17-11-15(22)3-6-19(17)26-20/h1-6,11H,7-10,12-13H2. The maximum absolute atomic E-state index is 6.26. The number of rotatable bonds is 5. The molecule has 0 radical (unpaired) electrons. The molecular weight excluding hydrogens is 389 g/mol. The molecule has 0 spiro atoms. The second kappa shape index (κ2) is 8.15. The van der Waals surface area contributed by atoms with Gasteiger partial charge in [-0.1, -0.05) is 23.2 Å². The van der Waals surface area contributed by atoms with Gasteiger partial charge in [-0.2, -0.15) is 0 Å². The van der Waals surface area contributed by atoms with E-state index in [0.717, 1.165) is 43.6 Å². The van der Waals surface area contributed by atoms with E-state index in [-0.39, 0.29) is 0 Å². The second-order valence-corrected chi connectivity index (χ2v) is 8.29. The van der Waals surface area contributed by atoms with Gasteiger partial charge in [-0.15, -0.1) is 11.3 Å². The Morgan fingerprint density at radius 3 is 2.50 bits per heavy atom. The lowest BCUT2D eigenvalue weighted by atomic mass is 10.1. The SMILES string of the molecule is Clc1ccc(OCc2sc3ccc(Cl)cc3c2CN2CCOCC2)cc1. The van der Waals surface area contributed by atoms with Crippen molar-refractivity contribution in [3.63, 3.8) is 0 Å². The molecule has 26 heavy (non-hydrogen) atoms. The summed E-state index contributed by atoms with van der Waals surface area (Å²) in [5, 5.41) is 2.70. The van der Waals surface area contributed by atoms with Crippen molar-refractivity contribution in [1.29, 1.82) is 0 Å². The summed E-state index contributed by atoms with van der Waals surface area (Å²) in [6, 6.07) is 13.6. The highest BCUT2D eigenvalue weighted by atomic mass is 35.5. The van der Waals surface area contributed by atoms with Crippen molar-refractivity contribution in [1.82, 2.24) is 4.90 Å². The molecule has 1 saturated heterocycles. The molecule has 3 aromatic rings. The predicted octanol–water partition coefficient (Wildman–Crippen LogP) is 5.62. The molecule has 0 bridgehead atoms. The third-order valence-corrected chi connectivity index (χ3v) is 6.18. The first-order chi connectivity index (χ1) is 12.7. The Morgan fingerprint density at radius 2 is 1.73 bits per heavy atom. The van der Waals surface area contributed by atoms with Gasteiger partial charge in [0, 0.05) is 39.3 Å². The van der Waals surface area contributed by atoms with Crippen LogP contribution in [-0.4, -0.2) is 31.2 Å². The lowest BCUT2D eigenvalue weighted by Crippen LogP contribution is -2.35. The van der Waals surface area contributed by atoms with Gasteiger partial charge in [-0.05, 0) is 53.4 Å². The molecular formula is C20H19Cl2NO2S. The number of fused-ring (bicyclic) bond motifs is 1. The normalized spacial score (nSPS) is 15.5. The van der Waals surface area contributed by atoms with Crippen LogP contribution in [0.4, 0.5) is 0 Å². The van der Waals surface area contributed by atoms with E-state index < -0.39 is 0 Å². The smallest absolute Gasteiger partial charge is 0.123 e. The third kappa shape index (κ3) is 4.16. The quantitative estimate of drug-likeness (QED) is 0.547. The summed E-state index contributed by atoms with van der Waals surface area (Å²) in [5.74, 6) is 0.821. The van der Waals surface area contributed by atoms with Crippen molar-refractivity contribution in [2.75, 3.05) is 26.3 Å². The lowest BCUT2D eigenvalue weighted by Gasteiger charge is -2.27. The van der Waals surface area contributed by atoms with Gasteiger partial charge in [-0.25, -0.2) is 0 Å². The Balaban J connectivity index is 1.61. The zero-order valence-corrected chi connectivity index (χ0v) is 16.5. The summed E-state index contributed by atoms with van der Waals surface area (Å²) < 4.78 is 12.7. The Morgan fingerprint density at radius 1 is 1.00 bits per heavy atom. The van der Waals surface area contributed by atoms with E-state index in [0.29, 0.717) is 11.6 Å². The molecule has 4 rings (SSSR count). The van der Waals surface area contributed by atoms with Gasteiger partial charge in [0.05, 0.1) is 13.2 Å². The molecule has 6 heteroatoms. The maximum Gasteiger partial charge on any atom is 0.123 e. The van der Waals surface area contributed by atoms with Crippen molar-refractivity contribution in [3.05, 3.63) is 63.0 Å². The van der Waals surface area contributed by atoms with E-state index >= 15 is 0 Å². The van der Waals surface area contributed by atoms with Gasteiger partial charge in [0.25, 0.3) is 0 Å². The van der Waals surface area contributed by atoms with Crippen LogP contribution in [0.5, 0.6) is 5.75 Å². The van der Waals surface area contributed by atoms with Gasteiger partial charge < -0.3 is 9.47 Å². The molecule has 2 heterocycles. The van der Waals surface area contributed by atoms with Gasteiger partial charge in [0.2, 0.25) is 0 Å². The Hall–Kier alpha value is -1.30. The Bertz CT molecular complexity index is 889. The molecule has 1 fully saturated rings. The number of benzene rings is 2. The molecule has 136 valence electrons. The maximum atomic E-state index is 6.26. The van der Waals surface area contributed by atoms with Crippen LogP contribution < -0.4 is 4.74 Å². The largest absolute Gasteiger partial charge is 0.488 e. The summed E-state index contributed by atoms with van der Waals surface area (Å²) in [7, 11) is 0. The minimum atomic E-state index is 0.540. The van der Waals surface area contributed by atoms with Crippen molar-refractivity contribution < 1.29 is 9.47 Å². The third-order valence-electron chi connectivity index (χ3n) is 4.51. The van der Waals surface area contributed by atoms with Crippen LogP contribution in [0.3, 0.4) is 0 Å². The fraction of sp³-hybridized carbons (Fsp3) is 0.300. The topological polar surface area (TPSA) is 21.7 Å². The predicted molar refractivity (Wildman–Crippen MR) is 109 cm³/mol. The van der Waals surface area contributed by atoms with E-state index in [1.54, 1.807) is 11.3 Å². The first-order valence-electron chi connectivity index (χ1n) is 8.57. The second-order valence-electron chi connectivity index (χ2n) is 6.28. The van der Waals surface area contributed by atoms with Gasteiger partial charge in [0.1, 0.15) is 12.4 Å². The Kier molecular flexibility index (Phi) is 5.67. The summed E-state index contributed by atoms with van der Waals surface area (Å²) in [4.78, 5) is 3.67. The number of hydrogen-bond donors (Lipinski definition) is 0. The van der Waals surface area contributed by atoms with Crippen molar-refractivity contribution in [2.24, 2.45) is 0 Å². The zero-order valence-electron chi connectivity index (χ0n) is 14.2. The lowest BCUT2D eigenvalue weighted by molar-refractivity contribution is 0.0342. The van der Waals surface area contributed by atoms with E-state index in [1.807, 2.05) is 30.3 Å². The molecule has 2 aromatic carbocycles. The highest BCUT2D eigenvalue weighted by Crippen LogP contribution is 2.35. The molecule has 0 saturated carbocycles. The average molecular weight is 408 g/mol. The fourth-order valence-corrected chi connectivity index (χ4v) is 4.53. The van der Waals surface area contributed by atoms with Crippen LogP contribution in [0.1, 0.15) is 10.4 Å². The monoisotopic (exact) mass is 407 g/mol. The first-order valence-corrected chi connectivity index (χ1v) is 10.1. The van der Waals surface area contributed by atoms with Crippen molar-refractivity contribution >= 4 is 44.6 Å². The minimum absolute atomic E-state index is 0.540. The van der Waals surface area contributed by atoms with Gasteiger partial charge >= 0.3 is 0 Å². The molecule has 3 nitrogen and oxygen atoms in total. The van der Waals surface area contributed by atoms with Crippen LogP contribution in [0.25, 0.3) is 10.1 Å². The molecule has 0 N–H and O–H groups in total. The highest BCUT2D eigenvalue weighted by Gasteiger charge is 2.18. The summed E-state index contributed by atoms with van der Waals surface area (Å²) in [5.41, 5.74) is 1.31. The van der Waals surface area contributed by atoms with Crippen molar-refractivity contribution in [2.45, 2.75) is 13.2 Å².